The van der Waals surface area contributed by atoms with Gasteiger partial charge in [0.15, 0.2) is 6.10 Å². The highest BCUT2D eigenvalue weighted by Crippen LogP contribution is 2.38. The summed E-state index contributed by atoms with van der Waals surface area (Å²) in [5, 5.41) is 0. The van der Waals surface area contributed by atoms with Crippen LogP contribution in [0.5, 0.6) is 0 Å². The van der Waals surface area contributed by atoms with E-state index >= 15 is 0 Å². The number of carbonyl (C=O) groups is 2. The Hall–Kier alpha value is -2.29. The van der Waals surface area contributed by atoms with Crippen LogP contribution in [0.4, 0.5) is 0 Å². The predicted octanol–water partition coefficient (Wildman–Crippen LogP) is 12.6. The summed E-state index contributed by atoms with van der Waals surface area (Å²) in [4.78, 5) is 37.6. The van der Waals surface area contributed by atoms with E-state index < -0.39 is 32.5 Å². The average Bonchev–Trinajstić information content (AvgIpc) is 3.17. The van der Waals surface area contributed by atoms with Crippen molar-refractivity contribution in [3.8, 4) is 0 Å². The Bertz CT molecular complexity index is 1170. The van der Waals surface area contributed by atoms with Crippen molar-refractivity contribution in [2.24, 2.45) is 0 Å². The molecule has 0 heterocycles. The van der Waals surface area contributed by atoms with Crippen molar-refractivity contribution < 1.29 is 42.1 Å². The van der Waals surface area contributed by atoms with Gasteiger partial charge in [-0.3, -0.25) is 14.2 Å². The van der Waals surface area contributed by atoms with E-state index in [1.165, 1.54) is 70.6 Å². The SMILES string of the molecule is CCCCC/C=C\C/C=C\C/C=C\C/C=C\CCCCCC(=O)O[C@H](COC(=O)CCCCCCC/C=C\CCCCCCCC)COP(=O)([O-])OCC[N+](C)(C)C. The maximum atomic E-state index is 12.7. The molecule has 0 aromatic rings. The first-order chi connectivity index (χ1) is 28.0. The third kappa shape index (κ3) is 43.3. The van der Waals surface area contributed by atoms with Gasteiger partial charge < -0.3 is 27.9 Å². The number of phosphoric acid groups is 1. The summed E-state index contributed by atoms with van der Waals surface area (Å²) in [7, 11) is 1.13. The van der Waals surface area contributed by atoms with E-state index in [9.17, 15) is 19.0 Å². The van der Waals surface area contributed by atoms with Gasteiger partial charge in [0.1, 0.15) is 19.8 Å². The second-order valence-electron chi connectivity index (χ2n) is 16.4. The summed E-state index contributed by atoms with van der Waals surface area (Å²) in [6.07, 6.45) is 48.1. The molecule has 0 rings (SSSR count). The van der Waals surface area contributed by atoms with Gasteiger partial charge in [0.05, 0.1) is 27.7 Å². The summed E-state index contributed by atoms with van der Waals surface area (Å²) < 4.78 is 33.9. The maximum absolute atomic E-state index is 12.7. The van der Waals surface area contributed by atoms with Crippen LogP contribution >= 0.6 is 7.82 Å². The molecule has 0 aliphatic rings. The Morgan fingerprint density at radius 2 is 0.931 bits per heavy atom. The molecule has 0 aliphatic heterocycles. The third-order valence-corrected chi connectivity index (χ3v) is 10.5. The maximum Gasteiger partial charge on any atom is 0.306 e. The minimum Gasteiger partial charge on any atom is -0.756 e. The Morgan fingerprint density at radius 3 is 1.45 bits per heavy atom. The first kappa shape index (κ1) is 55.7. The van der Waals surface area contributed by atoms with E-state index in [-0.39, 0.29) is 26.1 Å². The fraction of sp³-hybridized carbons (Fsp3) is 0.750. The zero-order chi connectivity index (χ0) is 42.8. The van der Waals surface area contributed by atoms with Crippen molar-refractivity contribution in [2.45, 2.75) is 187 Å². The number of phosphoric ester groups is 1. The van der Waals surface area contributed by atoms with Gasteiger partial charge in [-0.05, 0) is 83.5 Å². The molecular weight excluding hydrogens is 750 g/mol. The number of esters is 2. The highest BCUT2D eigenvalue weighted by molar-refractivity contribution is 7.45. The number of allylic oxidation sites excluding steroid dienone is 10. The van der Waals surface area contributed by atoms with E-state index in [0.29, 0.717) is 23.9 Å². The molecule has 0 radical (unpaired) electrons. The average molecular weight is 836 g/mol. The molecule has 0 N–H and O–H groups in total. The molecule has 0 amide bonds. The molecule has 0 bridgehead atoms. The zero-order valence-corrected chi connectivity index (χ0v) is 38.6. The van der Waals surface area contributed by atoms with Crippen molar-refractivity contribution in [1.29, 1.82) is 0 Å². The zero-order valence-electron chi connectivity index (χ0n) is 37.7. The van der Waals surface area contributed by atoms with Crippen LogP contribution in [0.25, 0.3) is 0 Å². The molecule has 10 heteroatoms. The molecule has 336 valence electrons. The van der Waals surface area contributed by atoms with Crippen molar-refractivity contribution in [2.75, 3.05) is 47.5 Å². The number of unbranched alkanes of at least 4 members (excludes halogenated alkanes) is 17. The highest BCUT2D eigenvalue weighted by atomic mass is 31.2. The molecular formula is C48H86NO8P. The first-order valence-corrected chi connectivity index (χ1v) is 24.5. The lowest BCUT2D eigenvalue weighted by Crippen LogP contribution is -2.37. The molecule has 0 aliphatic carbocycles. The van der Waals surface area contributed by atoms with Crippen LogP contribution in [0.15, 0.2) is 60.8 Å². The second-order valence-corrected chi connectivity index (χ2v) is 17.8. The van der Waals surface area contributed by atoms with E-state index in [1.54, 1.807) is 0 Å². The largest absolute Gasteiger partial charge is 0.756 e. The van der Waals surface area contributed by atoms with Gasteiger partial charge in [0.25, 0.3) is 7.82 Å². The van der Waals surface area contributed by atoms with Gasteiger partial charge in [-0.25, -0.2) is 0 Å². The molecule has 9 nitrogen and oxygen atoms in total. The summed E-state index contributed by atoms with van der Waals surface area (Å²) in [6.45, 7) is 4.14. The number of rotatable bonds is 41. The quantitative estimate of drug-likeness (QED) is 0.0197. The number of hydrogen-bond donors (Lipinski definition) is 0. The van der Waals surface area contributed by atoms with Gasteiger partial charge in [0, 0.05) is 12.8 Å². The van der Waals surface area contributed by atoms with E-state index in [2.05, 4.69) is 74.6 Å². The van der Waals surface area contributed by atoms with Crippen LogP contribution in [0.2, 0.25) is 0 Å². The van der Waals surface area contributed by atoms with Crippen LogP contribution in [0, 0.1) is 0 Å². The monoisotopic (exact) mass is 836 g/mol. The van der Waals surface area contributed by atoms with E-state index in [1.807, 2.05) is 21.1 Å². The molecule has 58 heavy (non-hydrogen) atoms. The molecule has 0 aromatic carbocycles. The Kier molecular flexibility index (Phi) is 38.5. The fourth-order valence-electron chi connectivity index (χ4n) is 5.87. The molecule has 0 aromatic heterocycles. The lowest BCUT2D eigenvalue weighted by atomic mass is 10.1. The summed E-state index contributed by atoms with van der Waals surface area (Å²) in [6, 6.07) is 0. The van der Waals surface area contributed by atoms with Gasteiger partial charge in [-0.2, -0.15) is 0 Å². The number of hydrogen-bond acceptors (Lipinski definition) is 8. The third-order valence-electron chi connectivity index (χ3n) is 9.51. The van der Waals surface area contributed by atoms with Crippen molar-refractivity contribution in [3.05, 3.63) is 60.8 Å². The normalized spacial score (nSPS) is 14.1. The van der Waals surface area contributed by atoms with Crippen LogP contribution < -0.4 is 4.89 Å². The lowest BCUT2D eigenvalue weighted by Gasteiger charge is -2.28. The fourth-order valence-corrected chi connectivity index (χ4v) is 6.60. The number of ether oxygens (including phenoxy) is 2. The topological polar surface area (TPSA) is 111 Å². The van der Waals surface area contributed by atoms with Crippen LogP contribution in [0.1, 0.15) is 181 Å². The molecule has 0 spiro atoms. The second kappa shape index (κ2) is 40.1. The minimum atomic E-state index is -4.64. The summed E-state index contributed by atoms with van der Waals surface area (Å²) in [5.74, 6) is -0.883. The van der Waals surface area contributed by atoms with Crippen molar-refractivity contribution in [1.82, 2.24) is 0 Å². The Labute approximate surface area is 356 Å². The molecule has 0 fully saturated rings. The molecule has 2 atom stereocenters. The smallest absolute Gasteiger partial charge is 0.306 e. The van der Waals surface area contributed by atoms with Gasteiger partial charge >= 0.3 is 11.9 Å². The Balaban J connectivity index is 4.43. The van der Waals surface area contributed by atoms with Gasteiger partial charge in [0.2, 0.25) is 0 Å². The number of quaternary nitrogens is 1. The lowest BCUT2D eigenvalue weighted by molar-refractivity contribution is -0.870. The van der Waals surface area contributed by atoms with Crippen molar-refractivity contribution in [3.63, 3.8) is 0 Å². The molecule has 0 saturated heterocycles. The number of likely N-dealkylation sites (N-methyl/N-ethyl adjacent to an activating group) is 1. The number of nitrogens with zero attached hydrogens (tertiary/aromatic N) is 1. The first-order valence-electron chi connectivity index (χ1n) is 23.0. The standard InChI is InChI=1S/C48H86NO8P/c1-6-8-10-12-14-16-18-20-22-23-24-25-27-29-31-33-35-37-39-41-48(51)57-46(45-56-58(52,53)55-43-42-49(3,4)5)44-54-47(50)40-38-36-34-32-30-28-26-21-19-17-15-13-11-9-7-2/h14,16,20-22,24-26,29,31,46H,6-13,15,17-19,23,27-28,30,32-45H2,1-5H3/b16-14-,22-20-,25-24-,26-21-,31-29-/t46-/m1/s1. The van der Waals surface area contributed by atoms with E-state index in [0.717, 1.165) is 70.6 Å². The summed E-state index contributed by atoms with van der Waals surface area (Å²) >= 11 is 0. The highest BCUT2D eigenvalue weighted by Gasteiger charge is 2.21. The Morgan fingerprint density at radius 1 is 0.534 bits per heavy atom. The number of carbonyl (C=O) groups excluding carboxylic acids is 2. The van der Waals surface area contributed by atoms with Crippen molar-refractivity contribution >= 4 is 19.8 Å². The van der Waals surface area contributed by atoms with Crippen LogP contribution in [-0.2, 0) is 32.7 Å². The van der Waals surface area contributed by atoms with E-state index in [4.69, 9.17) is 18.5 Å². The summed E-state index contributed by atoms with van der Waals surface area (Å²) in [5.41, 5.74) is 0. The minimum absolute atomic E-state index is 0.0409. The van der Waals surface area contributed by atoms with Crippen LogP contribution in [-0.4, -0.2) is 70.0 Å². The predicted molar refractivity (Wildman–Crippen MR) is 240 cm³/mol. The molecule has 1 unspecified atom stereocenters. The van der Waals surface area contributed by atoms with Gasteiger partial charge in [-0.15, -0.1) is 0 Å². The molecule has 0 saturated carbocycles. The van der Waals surface area contributed by atoms with Gasteiger partial charge in [-0.1, -0.05) is 145 Å². The van der Waals surface area contributed by atoms with Crippen LogP contribution in [0.3, 0.4) is 0 Å².